The normalized spacial score (nSPS) is 12.4. The van der Waals surface area contributed by atoms with Gasteiger partial charge in [0.2, 0.25) is 6.29 Å². The lowest BCUT2D eigenvalue weighted by molar-refractivity contribution is 0.239. The summed E-state index contributed by atoms with van der Waals surface area (Å²) in [5, 5.41) is 26.7. The zero-order chi connectivity index (χ0) is 9.14. The SMILES string of the molecule is O=[C]C(O)c1ccc(O)c(O)c1. The van der Waals surface area contributed by atoms with Crippen LogP contribution in [0.2, 0.25) is 0 Å². The number of phenolic OH excluding ortho intramolecular Hbond substituents is 2. The van der Waals surface area contributed by atoms with Gasteiger partial charge in [-0.15, -0.1) is 0 Å². The third-order valence-electron chi connectivity index (χ3n) is 1.43. The molecular weight excluding hydrogens is 160 g/mol. The second-order valence-electron chi connectivity index (χ2n) is 2.27. The van der Waals surface area contributed by atoms with Crippen molar-refractivity contribution in [2.75, 3.05) is 0 Å². The molecule has 63 valence electrons. The Kier molecular flexibility index (Phi) is 2.30. The van der Waals surface area contributed by atoms with Crippen LogP contribution in [0.1, 0.15) is 11.7 Å². The van der Waals surface area contributed by atoms with Gasteiger partial charge in [-0.1, -0.05) is 6.07 Å². The topological polar surface area (TPSA) is 77.8 Å². The van der Waals surface area contributed by atoms with E-state index >= 15 is 0 Å². The van der Waals surface area contributed by atoms with E-state index < -0.39 is 6.10 Å². The van der Waals surface area contributed by atoms with Crippen LogP contribution in [0.4, 0.5) is 0 Å². The van der Waals surface area contributed by atoms with E-state index in [0.29, 0.717) is 0 Å². The minimum Gasteiger partial charge on any atom is -0.504 e. The van der Waals surface area contributed by atoms with Gasteiger partial charge in [0.1, 0.15) is 6.10 Å². The molecule has 1 unspecified atom stereocenters. The van der Waals surface area contributed by atoms with Gasteiger partial charge in [-0.2, -0.15) is 0 Å². The molecule has 1 aromatic carbocycles. The van der Waals surface area contributed by atoms with Crippen molar-refractivity contribution < 1.29 is 20.1 Å². The maximum absolute atomic E-state index is 9.98. The van der Waals surface area contributed by atoms with E-state index in [1.807, 2.05) is 0 Å². The summed E-state index contributed by atoms with van der Waals surface area (Å²) in [6, 6.07) is 3.61. The van der Waals surface area contributed by atoms with Crippen molar-refractivity contribution in [2.45, 2.75) is 6.10 Å². The standard InChI is InChI=1S/C8H7O4/c9-4-8(12)5-1-2-6(10)7(11)3-5/h1-3,8,10-12H. The third-order valence-corrected chi connectivity index (χ3v) is 1.43. The highest BCUT2D eigenvalue weighted by Gasteiger charge is 2.08. The summed E-state index contributed by atoms with van der Waals surface area (Å²) in [7, 11) is 0. The summed E-state index contributed by atoms with van der Waals surface area (Å²) >= 11 is 0. The third kappa shape index (κ3) is 1.54. The van der Waals surface area contributed by atoms with Crippen molar-refractivity contribution in [3.8, 4) is 11.5 Å². The van der Waals surface area contributed by atoms with Gasteiger partial charge in [0.05, 0.1) is 0 Å². The van der Waals surface area contributed by atoms with Crippen LogP contribution in [0.25, 0.3) is 0 Å². The Morgan fingerprint density at radius 2 is 1.92 bits per heavy atom. The van der Waals surface area contributed by atoms with E-state index in [2.05, 4.69) is 0 Å². The fourth-order valence-electron chi connectivity index (χ4n) is 0.779. The number of aliphatic hydroxyl groups excluding tert-OH is 1. The highest BCUT2D eigenvalue weighted by atomic mass is 16.3. The lowest BCUT2D eigenvalue weighted by Gasteiger charge is -2.03. The molecule has 1 radical (unpaired) electrons. The van der Waals surface area contributed by atoms with Gasteiger partial charge in [-0.05, 0) is 17.7 Å². The average molecular weight is 167 g/mol. The largest absolute Gasteiger partial charge is 0.504 e. The van der Waals surface area contributed by atoms with Crippen LogP contribution in [-0.4, -0.2) is 21.6 Å². The monoisotopic (exact) mass is 167 g/mol. The van der Waals surface area contributed by atoms with Crippen molar-refractivity contribution in [1.29, 1.82) is 0 Å². The summed E-state index contributed by atoms with van der Waals surface area (Å²) < 4.78 is 0. The first kappa shape index (κ1) is 8.55. The second kappa shape index (κ2) is 3.23. The molecule has 1 atom stereocenters. The molecule has 0 spiro atoms. The number of phenols is 2. The van der Waals surface area contributed by atoms with E-state index in [0.717, 1.165) is 6.07 Å². The van der Waals surface area contributed by atoms with Gasteiger partial charge >= 0.3 is 0 Å². The molecular formula is C8H7O4. The molecule has 0 bridgehead atoms. The van der Waals surface area contributed by atoms with Gasteiger partial charge in [0.25, 0.3) is 0 Å². The lowest BCUT2D eigenvalue weighted by Crippen LogP contribution is -1.96. The second-order valence-corrected chi connectivity index (χ2v) is 2.27. The molecule has 12 heavy (non-hydrogen) atoms. The van der Waals surface area contributed by atoms with E-state index in [1.54, 1.807) is 0 Å². The van der Waals surface area contributed by atoms with Crippen LogP contribution in [0.15, 0.2) is 18.2 Å². The predicted molar refractivity (Wildman–Crippen MR) is 40.4 cm³/mol. The number of hydrogen-bond donors (Lipinski definition) is 3. The first-order valence-corrected chi connectivity index (χ1v) is 3.22. The molecule has 0 aliphatic rings. The van der Waals surface area contributed by atoms with E-state index in [4.69, 9.17) is 15.3 Å². The molecule has 1 aromatic rings. The van der Waals surface area contributed by atoms with Gasteiger partial charge < -0.3 is 15.3 Å². The smallest absolute Gasteiger partial charge is 0.234 e. The van der Waals surface area contributed by atoms with Crippen molar-refractivity contribution in [3.05, 3.63) is 23.8 Å². The number of aromatic hydroxyl groups is 2. The summed E-state index contributed by atoms with van der Waals surface area (Å²) in [5.41, 5.74) is 0.195. The van der Waals surface area contributed by atoms with Crippen LogP contribution in [0.3, 0.4) is 0 Å². The van der Waals surface area contributed by atoms with Crippen LogP contribution >= 0.6 is 0 Å². The van der Waals surface area contributed by atoms with Crippen LogP contribution in [0.5, 0.6) is 11.5 Å². The molecule has 0 aromatic heterocycles. The number of benzene rings is 1. The summed E-state index contributed by atoms with van der Waals surface area (Å²) in [5.74, 6) is -0.668. The molecule has 0 saturated heterocycles. The highest BCUT2D eigenvalue weighted by Crippen LogP contribution is 2.26. The first-order chi connectivity index (χ1) is 5.65. The first-order valence-electron chi connectivity index (χ1n) is 3.22. The number of aliphatic hydroxyl groups is 1. The fourth-order valence-corrected chi connectivity index (χ4v) is 0.779. The minimum absolute atomic E-state index is 0.195. The maximum Gasteiger partial charge on any atom is 0.234 e. The lowest BCUT2D eigenvalue weighted by atomic mass is 10.1. The van der Waals surface area contributed by atoms with Gasteiger partial charge in [0, 0.05) is 0 Å². The van der Waals surface area contributed by atoms with E-state index in [-0.39, 0.29) is 17.1 Å². The van der Waals surface area contributed by atoms with Gasteiger partial charge in [-0.25, -0.2) is 0 Å². The number of rotatable bonds is 2. The summed E-state index contributed by atoms with van der Waals surface area (Å²) in [4.78, 5) is 9.98. The van der Waals surface area contributed by atoms with E-state index in [1.165, 1.54) is 18.4 Å². The van der Waals surface area contributed by atoms with E-state index in [9.17, 15) is 4.79 Å². The van der Waals surface area contributed by atoms with Gasteiger partial charge in [0.15, 0.2) is 11.5 Å². The molecule has 0 aliphatic heterocycles. The molecule has 0 heterocycles. The van der Waals surface area contributed by atoms with Crippen molar-refractivity contribution in [1.82, 2.24) is 0 Å². The van der Waals surface area contributed by atoms with Crippen molar-refractivity contribution in [2.24, 2.45) is 0 Å². The summed E-state index contributed by atoms with van der Waals surface area (Å²) in [6.45, 7) is 0. The zero-order valence-corrected chi connectivity index (χ0v) is 6.06. The molecule has 1 rings (SSSR count). The average Bonchev–Trinajstić information content (AvgIpc) is 2.08. The zero-order valence-electron chi connectivity index (χ0n) is 6.06. The molecule has 4 heteroatoms. The Morgan fingerprint density at radius 1 is 1.25 bits per heavy atom. The molecule has 0 fully saturated rings. The number of hydrogen-bond acceptors (Lipinski definition) is 4. The predicted octanol–water partition coefficient (Wildman–Crippen LogP) is 0.241. The van der Waals surface area contributed by atoms with Gasteiger partial charge in [-0.3, -0.25) is 4.79 Å². The molecule has 0 aliphatic carbocycles. The molecule has 0 saturated carbocycles. The molecule has 4 nitrogen and oxygen atoms in total. The fraction of sp³-hybridized carbons (Fsp3) is 0.125. The van der Waals surface area contributed by atoms with Crippen LogP contribution in [-0.2, 0) is 4.79 Å². The number of carbonyl (C=O) groups excluding carboxylic acids is 1. The Balaban J connectivity index is 3.04. The molecule has 3 N–H and O–H groups in total. The minimum atomic E-state index is -1.38. The Hall–Kier alpha value is -1.55. The quantitative estimate of drug-likeness (QED) is 0.551. The van der Waals surface area contributed by atoms with Crippen LogP contribution < -0.4 is 0 Å². The highest BCUT2D eigenvalue weighted by molar-refractivity contribution is 5.61. The Bertz CT molecular complexity index is 295. The van der Waals surface area contributed by atoms with Crippen molar-refractivity contribution in [3.63, 3.8) is 0 Å². The molecule has 0 amide bonds. The van der Waals surface area contributed by atoms with Crippen molar-refractivity contribution >= 4 is 6.29 Å². The Morgan fingerprint density at radius 3 is 2.42 bits per heavy atom. The Labute approximate surface area is 68.7 Å². The summed E-state index contributed by atoms with van der Waals surface area (Å²) in [6.07, 6.45) is -0.0375. The van der Waals surface area contributed by atoms with Crippen LogP contribution in [0, 0.1) is 0 Å². The maximum atomic E-state index is 9.98.